The van der Waals surface area contributed by atoms with Gasteiger partial charge in [-0.2, -0.15) is 0 Å². The Morgan fingerprint density at radius 3 is 2.76 bits per heavy atom. The van der Waals surface area contributed by atoms with Crippen LogP contribution in [-0.2, 0) is 27.2 Å². The van der Waals surface area contributed by atoms with E-state index in [2.05, 4.69) is 16.7 Å². The molecule has 1 amide bonds. The van der Waals surface area contributed by atoms with Crippen LogP contribution < -0.4 is 10.6 Å². The first-order chi connectivity index (χ1) is 10.1. The van der Waals surface area contributed by atoms with Crippen molar-refractivity contribution in [1.29, 1.82) is 0 Å². The van der Waals surface area contributed by atoms with Gasteiger partial charge in [0.1, 0.15) is 6.04 Å². The Bertz CT molecular complexity index is 528. The van der Waals surface area contributed by atoms with Crippen LogP contribution in [-0.4, -0.2) is 31.6 Å². The monoisotopic (exact) mass is 290 g/mol. The van der Waals surface area contributed by atoms with E-state index in [0.29, 0.717) is 6.54 Å². The number of carbonyl (C=O) groups excluding carboxylic acids is 2. The number of rotatable bonds is 5. The standard InChI is InChI=1S/C16H22N2O3/c1-11(19)18-15(16(20)21-2)10-17-14-9-5-7-12-6-3-4-8-13(12)14/h5,7,9,15,17H,3-4,6,8,10H2,1-2H3,(H,18,19). The first-order valence-corrected chi connectivity index (χ1v) is 7.31. The van der Waals surface area contributed by atoms with Crippen LogP contribution in [0.15, 0.2) is 18.2 Å². The molecule has 1 atom stereocenters. The lowest BCUT2D eigenvalue weighted by atomic mass is 9.90. The summed E-state index contributed by atoms with van der Waals surface area (Å²) in [7, 11) is 1.32. The van der Waals surface area contributed by atoms with Gasteiger partial charge in [-0.1, -0.05) is 12.1 Å². The highest BCUT2D eigenvalue weighted by atomic mass is 16.5. The number of methoxy groups -OCH3 is 1. The lowest BCUT2D eigenvalue weighted by Gasteiger charge is -2.22. The first-order valence-electron chi connectivity index (χ1n) is 7.31. The SMILES string of the molecule is COC(=O)C(CNc1cccc2c1CCCC2)NC(C)=O. The van der Waals surface area contributed by atoms with E-state index in [0.717, 1.165) is 18.5 Å². The molecule has 0 aromatic heterocycles. The maximum Gasteiger partial charge on any atom is 0.330 e. The van der Waals surface area contributed by atoms with Crippen LogP contribution >= 0.6 is 0 Å². The average Bonchev–Trinajstić information content (AvgIpc) is 2.50. The number of nitrogens with one attached hydrogen (secondary N) is 2. The number of esters is 1. The van der Waals surface area contributed by atoms with Gasteiger partial charge in [-0.05, 0) is 42.9 Å². The highest BCUT2D eigenvalue weighted by Gasteiger charge is 2.21. The van der Waals surface area contributed by atoms with Gasteiger partial charge in [0, 0.05) is 19.2 Å². The molecular formula is C16H22N2O3. The van der Waals surface area contributed by atoms with Crippen molar-refractivity contribution in [2.45, 2.75) is 38.6 Å². The maximum atomic E-state index is 11.7. The summed E-state index contributed by atoms with van der Waals surface area (Å²) in [6, 6.07) is 5.53. The number of hydrogen-bond donors (Lipinski definition) is 2. The molecule has 2 N–H and O–H groups in total. The minimum atomic E-state index is -0.674. The van der Waals surface area contributed by atoms with E-state index in [1.165, 1.54) is 38.0 Å². The third-order valence-corrected chi connectivity index (χ3v) is 3.76. The first kappa shape index (κ1) is 15.4. The summed E-state index contributed by atoms with van der Waals surface area (Å²) in [6.07, 6.45) is 4.59. The van der Waals surface area contributed by atoms with Crippen molar-refractivity contribution in [3.05, 3.63) is 29.3 Å². The van der Waals surface area contributed by atoms with E-state index >= 15 is 0 Å². The third-order valence-electron chi connectivity index (χ3n) is 3.76. The Morgan fingerprint density at radius 2 is 2.05 bits per heavy atom. The van der Waals surface area contributed by atoms with Crippen molar-refractivity contribution in [1.82, 2.24) is 5.32 Å². The van der Waals surface area contributed by atoms with Gasteiger partial charge >= 0.3 is 5.97 Å². The summed E-state index contributed by atoms with van der Waals surface area (Å²) in [6.45, 7) is 1.71. The third kappa shape index (κ3) is 3.97. The number of fused-ring (bicyclic) bond motifs is 1. The summed E-state index contributed by atoms with van der Waals surface area (Å²) in [4.78, 5) is 22.9. The van der Waals surface area contributed by atoms with Crippen molar-refractivity contribution in [3.8, 4) is 0 Å². The summed E-state index contributed by atoms with van der Waals surface area (Å²) < 4.78 is 4.72. The largest absolute Gasteiger partial charge is 0.467 e. The lowest BCUT2D eigenvalue weighted by molar-refractivity contribution is -0.144. The molecule has 0 radical (unpaired) electrons. The Balaban J connectivity index is 2.07. The predicted molar refractivity (Wildman–Crippen MR) is 81.2 cm³/mol. The number of aryl methyl sites for hydroxylation is 1. The number of benzene rings is 1. The molecule has 0 saturated carbocycles. The molecule has 0 aliphatic heterocycles. The molecule has 2 rings (SSSR count). The topological polar surface area (TPSA) is 67.4 Å². The van der Waals surface area contributed by atoms with Crippen LogP contribution in [0.3, 0.4) is 0 Å². The highest BCUT2D eigenvalue weighted by molar-refractivity contribution is 5.83. The Morgan fingerprint density at radius 1 is 1.29 bits per heavy atom. The van der Waals surface area contributed by atoms with E-state index in [4.69, 9.17) is 4.74 Å². The molecule has 1 aliphatic rings. The van der Waals surface area contributed by atoms with Gasteiger partial charge in [0.2, 0.25) is 5.91 Å². The number of anilines is 1. The normalized spacial score (nSPS) is 14.8. The van der Waals surface area contributed by atoms with Gasteiger partial charge in [-0.3, -0.25) is 4.79 Å². The van der Waals surface area contributed by atoms with Gasteiger partial charge in [0.25, 0.3) is 0 Å². The molecule has 1 aromatic carbocycles. The van der Waals surface area contributed by atoms with E-state index < -0.39 is 12.0 Å². The van der Waals surface area contributed by atoms with Crippen molar-refractivity contribution in [2.75, 3.05) is 19.0 Å². The minimum Gasteiger partial charge on any atom is -0.467 e. The predicted octanol–water partition coefficient (Wildman–Crippen LogP) is 1.65. The minimum absolute atomic E-state index is 0.248. The zero-order valence-electron chi connectivity index (χ0n) is 12.6. The van der Waals surface area contributed by atoms with Crippen LogP contribution in [0.4, 0.5) is 5.69 Å². The van der Waals surface area contributed by atoms with Crippen LogP contribution in [0, 0.1) is 0 Å². The molecule has 0 saturated heterocycles. The zero-order chi connectivity index (χ0) is 15.2. The molecule has 0 bridgehead atoms. The molecule has 114 valence electrons. The second-order valence-corrected chi connectivity index (χ2v) is 5.31. The molecule has 0 spiro atoms. The van der Waals surface area contributed by atoms with E-state index in [-0.39, 0.29) is 5.91 Å². The Labute approximate surface area is 125 Å². The summed E-state index contributed by atoms with van der Waals surface area (Å²) in [5.74, 6) is -0.690. The lowest BCUT2D eigenvalue weighted by Crippen LogP contribution is -2.45. The number of hydrogen-bond acceptors (Lipinski definition) is 4. The van der Waals surface area contributed by atoms with Crippen LogP contribution in [0.1, 0.15) is 30.9 Å². The Hall–Kier alpha value is -2.04. The van der Waals surface area contributed by atoms with Crippen molar-refractivity contribution >= 4 is 17.6 Å². The van der Waals surface area contributed by atoms with Gasteiger partial charge in [0.15, 0.2) is 0 Å². The zero-order valence-corrected chi connectivity index (χ0v) is 12.6. The maximum absolute atomic E-state index is 11.7. The smallest absolute Gasteiger partial charge is 0.330 e. The molecule has 1 aromatic rings. The Kier molecular flexibility index (Phi) is 5.20. The molecule has 0 heterocycles. The van der Waals surface area contributed by atoms with E-state index in [9.17, 15) is 9.59 Å². The molecular weight excluding hydrogens is 268 g/mol. The highest BCUT2D eigenvalue weighted by Crippen LogP contribution is 2.27. The number of amides is 1. The van der Waals surface area contributed by atoms with Crippen LogP contribution in [0.25, 0.3) is 0 Å². The molecule has 1 aliphatic carbocycles. The van der Waals surface area contributed by atoms with Crippen molar-refractivity contribution in [2.24, 2.45) is 0 Å². The quantitative estimate of drug-likeness (QED) is 0.809. The second kappa shape index (κ2) is 7.11. The summed E-state index contributed by atoms with van der Waals surface area (Å²) >= 11 is 0. The summed E-state index contributed by atoms with van der Waals surface area (Å²) in [5, 5.41) is 5.88. The molecule has 1 unspecified atom stereocenters. The van der Waals surface area contributed by atoms with Gasteiger partial charge < -0.3 is 15.4 Å². The number of ether oxygens (including phenoxy) is 1. The van der Waals surface area contributed by atoms with E-state index in [1.807, 2.05) is 12.1 Å². The number of carbonyl (C=O) groups is 2. The summed E-state index contributed by atoms with van der Waals surface area (Å²) in [5.41, 5.74) is 3.75. The second-order valence-electron chi connectivity index (χ2n) is 5.31. The van der Waals surface area contributed by atoms with E-state index in [1.54, 1.807) is 0 Å². The van der Waals surface area contributed by atoms with Crippen LogP contribution in [0.5, 0.6) is 0 Å². The molecule has 21 heavy (non-hydrogen) atoms. The fraction of sp³-hybridized carbons (Fsp3) is 0.500. The van der Waals surface area contributed by atoms with Gasteiger partial charge in [0.05, 0.1) is 7.11 Å². The molecule has 5 heteroatoms. The van der Waals surface area contributed by atoms with Crippen molar-refractivity contribution < 1.29 is 14.3 Å². The average molecular weight is 290 g/mol. The molecule has 0 fully saturated rings. The molecule has 5 nitrogen and oxygen atoms in total. The fourth-order valence-corrected chi connectivity index (χ4v) is 2.74. The fourth-order valence-electron chi connectivity index (χ4n) is 2.74. The van der Waals surface area contributed by atoms with Crippen molar-refractivity contribution in [3.63, 3.8) is 0 Å². The van der Waals surface area contributed by atoms with Gasteiger partial charge in [-0.15, -0.1) is 0 Å². The van der Waals surface area contributed by atoms with Gasteiger partial charge in [-0.25, -0.2) is 4.79 Å². The van der Waals surface area contributed by atoms with Crippen LogP contribution in [0.2, 0.25) is 0 Å².